The molecule has 0 bridgehead atoms. The molecule has 0 aromatic carbocycles. The van der Waals surface area contributed by atoms with Crippen molar-refractivity contribution in [1.29, 1.82) is 0 Å². The van der Waals surface area contributed by atoms with Gasteiger partial charge in [-0.2, -0.15) is 0 Å². The molecular formula is C9H12FI. The summed E-state index contributed by atoms with van der Waals surface area (Å²) in [6, 6.07) is 0. The Balaban J connectivity index is 2.59. The smallest absolute Gasteiger partial charge is 0.168 e. The molecule has 2 unspecified atom stereocenters. The average Bonchev–Trinajstić information content (AvgIpc) is 1.92. The Kier molecular flexibility index (Phi) is 3.17. The monoisotopic (exact) mass is 266 g/mol. The standard InChI is InChI=1S/C9H12FI/c1-9(10)6-3-2-4-8(11)5-7-9/h8H,2,4-5,7H2,1H3. The SMILES string of the molecule is CC1(F)C#CCCC(I)CC1. The van der Waals surface area contributed by atoms with E-state index in [1.807, 2.05) is 0 Å². The largest absolute Gasteiger partial charge is 0.230 e. The van der Waals surface area contributed by atoms with Crippen LogP contribution in [-0.4, -0.2) is 9.59 Å². The highest BCUT2D eigenvalue weighted by molar-refractivity contribution is 14.1. The molecule has 0 spiro atoms. The van der Waals surface area contributed by atoms with Gasteiger partial charge in [-0.15, -0.1) is 0 Å². The normalized spacial score (nSPS) is 38.3. The van der Waals surface area contributed by atoms with E-state index in [1.54, 1.807) is 6.92 Å². The van der Waals surface area contributed by atoms with Crippen molar-refractivity contribution in [1.82, 2.24) is 0 Å². The van der Waals surface area contributed by atoms with Crippen LogP contribution in [0.25, 0.3) is 0 Å². The Labute approximate surface area is 81.1 Å². The summed E-state index contributed by atoms with van der Waals surface area (Å²) in [5.74, 6) is 5.54. The van der Waals surface area contributed by atoms with Gasteiger partial charge >= 0.3 is 0 Å². The van der Waals surface area contributed by atoms with Crippen molar-refractivity contribution in [3.8, 4) is 11.8 Å². The fourth-order valence-electron chi connectivity index (χ4n) is 1.11. The summed E-state index contributed by atoms with van der Waals surface area (Å²) >= 11 is 2.38. The number of hydrogen-bond donors (Lipinski definition) is 0. The molecular weight excluding hydrogens is 254 g/mol. The summed E-state index contributed by atoms with van der Waals surface area (Å²) in [5, 5.41) is 0. The molecule has 0 amide bonds. The van der Waals surface area contributed by atoms with Crippen molar-refractivity contribution < 1.29 is 4.39 Å². The Bertz CT molecular complexity index is 187. The van der Waals surface area contributed by atoms with E-state index in [4.69, 9.17) is 0 Å². The summed E-state index contributed by atoms with van der Waals surface area (Å²) in [7, 11) is 0. The van der Waals surface area contributed by atoms with E-state index in [0.29, 0.717) is 10.3 Å². The lowest BCUT2D eigenvalue weighted by Crippen LogP contribution is -2.18. The third-order valence-corrected chi connectivity index (χ3v) is 3.10. The first kappa shape index (κ1) is 9.31. The number of rotatable bonds is 0. The third kappa shape index (κ3) is 3.42. The van der Waals surface area contributed by atoms with Gasteiger partial charge in [0.25, 0.3) is 0 Å². The second-order valence-corrected chi connectivity index (χ2v) is 4.94. The summed E-state index contributed by atoms with van der Waals surface area (Å²) in [6.07, 6.45) is 3.52. The van der Waals surface area contributed by atoms with Crippen molar-refractivity contribution in [3.05, 3.63) is 0 Å². The van der Waals surface area contributed by atoms with Crippen LogP contribution in [-0.2, 0) is 0 Å². The van der Waals surface area contributed by atoms with Crippen LogP contribution < -0.4 is 0 Å². The molecule has 0 aromatic rings. The molecule has 1 rings (SSSR count). The summed E-state index contributed by atoms with van der Waals surface area (Å²) in [5.41, 5.74) is -1.23. The van der Waals surface area contributed by atoms with Crippen LogP contribution >= 0.6 is 22.6 Å². The molecule has 11 heavy (non-hydrogen) atoms. The van der Waals surface area contributed by atoms with Crippen LogP contribution in [0, 0.1) is 11.8 Å². The predicted molar refractivity (Wildman–Crippen MR) is 53.6 cm³/mol. The van der Waals surface area contributed by atoms with Crippen molar-refractivity contribution in [2.75, 3.05) is 0 Å². The first-order valence-corrected chi connectivity index (χ1v) is 5.18. The Morgan fingerprint density at radius 3 is 3.00 bits per heavy atom. The van der Waals surface area contributed by atoms with E-state index in [2.05, 4.69) is 34.4 Å². The average molecular weight is 266 g/mol. The number of halogens is 2. The van der Waals surface area contributed by atoms with E-state index >= 15 is 0 Å². The van der Waals surface area contributed by atoms with E-state index in [0.717, 1.165) is 19.3 Å². The highest BCUT2D eigenvalue weighted by Crippen LogP contribution is 2.24. The molecule has 0 saturated carbocycles. The lowest BCUT2D eigenvalue weighted by atomic mass is 9.97. The van der Waals surface area contributed by atoms with Gasteiger partial charge in [0, 0.05) is 10.3 Å². The molecule has 0 heterocycles. The molecule has 2 atom stereocenters. The Morgan fingerprint density at radius 1 is 1.55 bits per heavy atom. The minimum absolute atomic E-state index is 0.591. The van der Waals surface area contributed by atoms with Gasteiger partial charge < -0.3 is 0 Å². The van der Waals surface area contributed by atoms with Crippen LogP contribution in [0.15, 0.2) is 0 Å². The lowest BCUT2D eigenvalue weighted by molar-refractivity contribution is 0.246. The van der Waals surface area contributed by atoms with Gasteiger partial charge in [-0.05, 0) is 26.2 Å². The van der Waals surface area contributed by atoms with Crippen molar-refractivity contribution in [3.63, 3.8) is 0 Å². The maximum absolute atomic E-state index is 13.3. The minimum atomic E-state index is -1.23. The molecule has 0 fully saturated rings. The summed E-state index contributed by atoms with van der Waals surface area (Å²) < 4.78 is 13.9. The van der Waals surface area contributed by atoms with Crippen LogP contribution in [0.1, 0.15) is 32.6 Å². The van der Waals surface area contributed by atoms with Gasteiger partial charge in [0.05, 0.1) is 0 Å². The molecule has 2 heteroatoms. The highest BCUT2D eigenvalue weighted by Gasteiger charge is 2.22. The van der Waals surface area contributed by atoms with Gasteiger partial charge in [0.15, 0.2) is 5.67 Å². The molecule has 0 saturated heterocycles. The predicted octanol–water partition coefficient (Wildman–Crippen LogP) is 3.10. The zero-order valence-electron chi connectivity index (χ0n) is 6.66. The first-order valence-electron chi connectivity index (χ1n) is 3.93. The molecule has 0 aromatic heterocycles. The third-order valence-electron chi connectivity index (χ3n) is 1.86. The van der Waals surface area contributed by atoms with Crippen LogP contribution in [0.3, 0.4) is 0 Å². The summed E-state index contributed by atoms with van der Waals surface area (Å²) in [4.78, 5) is 0. The molecule has 0 N–H and O–H groups in total. The van der Waals surface area contributed by atoms with Gasteiger partial charge in [-0.25, -0.2) is 4.39 Å². The minimum Gasteiger partial charge on any atom is -0.230 e. The molecule has 0 radical (unpaired) electrons. The summed E-state index contributed by atoms with van der Waals surface area (Å²) in [6.45, 7) is 1.58. The van der Waals surface area contributed by atoms with E-state index < -0.39 is 5.67 Å². The van der Waals surface area contributed by atoms with Gasteiger partial charge in [0.2, 0.25) is 0 Å². The first-order chi connectivity index (χ1) is 5.10. The van der Waals surface area contributed by atoms with Gasteiger partial charge in [0.1, 0.15) is 0 Å². The fourth-order valence-corrected chi connectivity index (χ4v) is 1.73. The van der Waals surface area contributed by atoms with Crippen molar-refractivity contribution in [2.24, 2.45) is 0 Å². The van der Waals surface area contributed by atoms with E-state index in [9.17, 15) is 4.39 Å². The number of hydrogen-bond acceptors (Lipinski definition) is 0. The second kappa shape index (κ2) is 3.75. The zero-order chi connectivity index (χ0) is 8.32. The maximum Gasteiger partial charge on any atom is 0.168 e. The second-order valence-electron chi connectivity index (χ2n) is 3.17. The van der Waals surface area contributed by atoms with E-state index in [-0.39, 0.29) is 0 Å². The molecule has 0 nitrogen and oxygen atoms in total. The Hall–Kier alpha value is 0.220. The highest BCUT2D eigenvalue weighted by atomic mass is 127. The lowest BCUT2D eigenvalue weighted by Gasteiger charge is -2.17. The van der Waals surface area contributed by atoms with Gasteiger partial charge in [-0.1, -0.05) is 34.4 Å². The van der Waals surface area contributed by atoms with Crippen LogP contribution in [0.2, 0.25) is 0 Å². The fraction of sp³-hybridized carbons (Fsp3) is 0.778. The Morgan fingerprint density at radius 2 is 2.27 bits per heavy atom. The van der Waals surface area contributed by atoms with Crippen LogP contribution in [0.4, 0.5) is 4.39 Å². The molecule has 1 aliphatic carbocycles. The van der Waals surface area contributed by atoms with Crippen molar-refractivity contribution >= 4 is 22.6 Å². The van der Waals surface area contributed by atoms with Crippen molar-refractivity contribution in [2.45, 2.75) is 42.2 Å². The maximum atomic E-state index is 13.3. The molecule has 0 aliphatic heterocycles. The number of alkyl halides is 2. The molecule has 62 valence electrons. The zero-order valence-corrected chi connectivity index (χ0v) is 8.82. The quantitative estimate of drug-likeness (QED) is 0.359. The van der Waals surface area contributed by atoms with Crippen LogP contribution in [0.5, 0.6) is 0 Å². The molecule has 1 aliphatic rings. The van der Waals surface area contributed by atoms with Gasteiger partial charge in [-0.3, -0.25) is 0 Å². The topological polar surface area (TPSA) is 0 Å². The van der Waals surface area contributed by atoms with E-state index in [1.165, 1.54) is 0 Å².